The quantitative estimate of drug-likeness (QED) is 0.504. The van der Waals surface area contributed by atoms with Gasteiger partial charge in [-0.15, -0.1) is 0 Å². The van der Waals surface area contributed by atoms with E-state index in [0.29, 0.717) is 40.7 Å². The summed E-state index contributed by atoms with van der Waals surface area (Å²) in [5.41, 5.74) is 5.87. The zero-order valence-electron chi connectivity index (χ0n) is 17.5. The van der Waals surface area contributed by atoms with Gasteiger partial charge in [-0.2, -0.15) is 5.10 Å². The van der Waals surface area contributed by atoms with E-state index in [-0.39, 0.29) is 22.3 Å². The number of hydrogen-bond acceptors (Lipinski definition) is 5. The van der Waals surface area contributed by atoms with Crippen LogP contribution < -0.4 is 10.7 Å². The second-order valence-electron chi connectivity index (χ2n) is 7.50. The van der Waals surface area contributed by atoms with Gasteiger partial charge in [-0.25, -0.2) is 10.4 Å². The lowest BCUT2D eigenvalue weighted by molar-refractivity contribution is 0.0953. The molecule has 32 heavy (non-hydrogen) atoms. The summed E-state index contributed by atoms with van der Waals surface area (Å²) in [5, 5.41) is 7.76. The van der Waals surface area contributed by atoms with Gasteiger partial charge in [0, 0.05) is 28.8 Å². The molecule has 1 aliphatic carbocycles. The first-order chi connectivity index (χ1) is 15.3. The highest BCUT2D eigenvalue weighted by atomic mass is 35.5. The Morgan fingerprint density at radius 2 is 1.91 bits per heavy atom. The summed E-state index contributed by atoms with van der Waals surface area (Å²) < 4.78 is 5.89. The van der Waals surface area contributed by atoms with Crippen LogP contribution in [0, 0.1) is 13.8 Å². The Hall–Kier alpha value is -3.16. The normalized spacial score (nSPS) is 14.2. The summed E-state index contributed by atoms with van der Waals surface area (Å²) in [4.78, 5) is 29.5. The summed E-state index contributed by atoms with van der Waals surface area (Å²) >= 11 is 12.0. The molecule has 0 radical (unpaired) electrons. The highest BCUT2D eigenvalue weighted by molar-refractivity contribution is 6.36. The molecule has 3 aromatic rings. The largest absolute Gasteiger partial charge is 0.455 e. The topological polar surface area (TPSA) is 96.6 Å². The Bertz CT molecular complexity index is 1250. The van der Waals surface area contributed by atoms with E-state index in [1.807, 2.05) is 13.0 Å². The first kappa shape index (κ1) is 22.0. The second-order valence-corrected chi connectivity index (χ2v) is 8.35. The van der Waals surface area contributed by atoms with Gasteiger partial charge in [-0.3, -0.25) is 9.59 Å². The average Bonchev–Trinajstić information content (AvgIpc) is 3.09. The molecule has 0 fully saturated rings. The number of benzene rings is 1. The molecule has 9 heteroatoms. The third-order valence-electron chi connectivity index (χ3n) is 5.16. The van der Waals surface area contributed by atoms with Crippen molar-refractivity contribution in [3.63, 3.8) is 0 Å². The van der Waals surface area contributed by atoms with Crippen LogP contribution in [0.15, 0.2) is 46.0 Å². The number of carbonyl (C=O) groups excluding carboxylic acids is 2. The van der Waals surface area contributed by atoms with E-state index < -0.39 is 5.91 Å². The second kappa shape index (κ2) is 9.14. The van der Waals surface area contributed by atoms with Gasteiger partial charge in [0.15, 0.2) is 5.76 Å². The fourth-order valence-corrected chi connectivity index (χ4v) is 4.12. The number of rotatable bonds is 4. The number of pyridine rings is 1. The molecule has 0 bridgehead atoms. The van der Waals surface area contributed by atoms with E-state index >= 15 is 0 Å². The molecular weight excluding hydrogens is 451 g/mol. The highest BCUT2D eigenvalue weighted by Gasteiger charge is 2.28. The van der Waals surface area contributed by atoms with Crippen molar-refractivity contribution in [2.24, 2.45) is 5.10 Å². The number of fused-ring (bicyclic) bond motifs is 1. The molecule has 1 aliphatic rings. The van der Waals surface area contributed by atoms with Gasteiger partial charge < -0.3 is 9.73 Å². The van der Waals surface area contributed by atoms with E-state index in [1.54, 1.807) is 25.3 Å². The molecular formula is C23H20Cl2N4O3. The summed E-state index contributed by atoms with van der Waals surface area (Å²) in [6.07, 6.45) is 3.74. The van der Waals surface area contributed by atoms with Gasteiger partial charge in [0.25, 0.3) is 11.8 Å². The number of carbonyl (C=O) groups is 2. The number of amides is 2. The molecule has 0 aliphatic heterocycles. The Labute approximate surface area is 194 Å². The van der Waals surface area contributed by atoms with Crippen molar-refractivity contribution in [1.29, 1.82) is 0 Å². The van der Waals surface area contributed by atoms with E-state index in [9.17, 15) is 9.59 Å². The molecule has 1 aromatic carbocycles. The number of anilines is 1. The summed E-state index contributed by atoms with van der Waals surface area (Å²) in [6.45, 7) is 3.72. The lowest BCUT2D eigenvalue weighted by atomic mass is 9.93. The van der Waals surface area contributed by atoms with Crippen molar-refractivity contribution in [3.8, 4) is 0 Å². The van der Waals surface area contributed by atoms with Crippen molar-refractivity contribution in [3.05, 3.63) is 80.3 Å². The summed E-state index contributed by atoms with van der Waals surface area (Å²) in [7, 11) is 0. The molecule has 2 amide bonds. The number of aryl methyl sites for hydroxylation is 2. The van der Waals surface area contributed by atoms with Gasteiger partial charge in [-0.1, -0.05) is 23.2 Å². The van der Waals surface area contributed by atoms with Crippen molar-refractivity contribution < 1.29 is 14.0 Å². The Kier molecular flexibility index (Phi) is 6.30. The van der Waals surface area contributed by atoms with Crippen molar-refractivity contribution in [2.75, 3.05) is 5.32 Å². The van der Waals surface area contributed by atoms with Crippen LogP contribution in [0.2, 0.25) is 10.0 Å². The monoisotopic (exact) mass is 470 g/mol. The minimum atomic E-state index is -0.448. The van der Waals surface area contributed by atoms with Crippen molar-refractivity contribution in [2.45, 2.75) is 33.1 Å². The molecule has 2 N–H and O–H groups in total. The molecule has 0 saturated carbocycles. The number of aromatic nitrogens is 1. The fourth-order valence-electron chi connectivity index (χ4n) is 3.63. The van der Waals surface area contributed by atoms with Crippen LogP contribution in [0.4, 0.5) is 5.82 Å². The Morgan fingerprint density at radius 3 is 2.66 bits per heavy atom. The van der Waals surface area contributed by atoms with E-state index in [4.69, 9.17) is 27.6 Å². The lowest BCUT2D eigenvalue weighted by Crippen LogP contribution is -2.22. The van der Waals surface area contributed by atoms with Crippen LogP contribution in [0.25, 0.3) is 0 Å². The molecule has 2 heterocycles. The molecule has 164 valence electrons. The number of halogens is 2. The lowest BCUT2D eigenvalue weighted by Gasteiger charge is -2.13. The Morgan fingerprint density at radius 1 is 1.09 bits per heavy atom. The standard InChI is InChI=1S/C23H20Cl2N4O3/c1-12-8-9-26-19(10-12)27-23(31)21-13(2)20-17(4-3-5-18(20)32-21)28-29-22(30)15-7-6-14(24)11-16(15)25/h6-11H,3-5H2,1-2H3,(H,29,30)(H,26,27,31)/b28-17+. The zero-order valence-corrected chi connectivity index (χ0v) is 19.0. The first-order valence-electron chi connectivity index (χ1n) is 10.0. The van der Waals surface area contributed by atoms with Crippen molar-refractivity contribution >= 4 is 46.5 Å². The van der Waals surface area contributed by atoms with Gasteiger partial charge in [0.2, 0.25) is 0 Å². The van der Waals surface area contributed by atoms with Gasteiger partial charge in [0.1, 0.15) is 11.6 Å². The Balaban J connectivity index is 1.57. The third kappa shape index (κ3) is 4.54. The fraction of sp³-hybridized carbons (Fsp3) is 0.217. The number of hydrazone groups is 1. The van der Waals surface area contributed by atoms with Gasteiger partial charge >= 0.3 is 0 Å². The molecule has 0 unspecified atom stereocenters. The van der Waals surface area contributed by atoms with E-state index in [2.05, 4.69) is 20.8 Å². The smallest absolute Gasteiger partial charge is 0.292 e. The molecule has 0 atom stereocenters. The number of nitrogens with zero attached hydrogens (tertiary/aromatic N) is 2. The molecule has 0 spiro atoms. The minimum absolute atomic E-state index is 0.208. The average molecular weight is 471 g/mol. The number of nitrogens with one attached hydrogen (secondary N) is 2. The van der Waals surface area contributed by atoms with E-state index in [0.717, 1.165) is 17.5 Å². The summed E-state index contributed by atoms with van der Waals surface area (Å²) in [6, 6.07) is 8.25. The van der Waals surface area contributed by atoms with Crippen LogP contribution in [0.5, 0.6) is 0 Å². The molecule has 0 saturated heterocycles. The van der Waals surface area contributed by atoms with Crippen LogP contribution in [-0.4, -0.2) is 22.5 Å². The molecule has 4 rings (SSSR count). The van der Waals surface area contributed by atoms with Gasteiger partial charge in [-0.05, 0) is 62.6 Å². The first-order valence-corrected chi connectivity index (χ1v) is 10.8. The predicted octanol–water partition coefficient (Wildman–Crippen LogP) is 5.32. The maximum Gasteiger partial charge on any atom is 0.292 e. The molecule has 7 nitrogen and oxygen atoms in total. The van der Waals surface area contributed by atoms with Crippen LogP contribution in [-0.2, 0) is 6.42 Å². The van der Waals surface area contributed by atoms with Crippen LogP contribution in [0.1, 0.15) is 56.2 Å². The van der Waals surface area contributed by atoms with Crippen LogP contribution in [0.3, 0.4) is 0 Å². The molecule has 2 aromatic heterocycles. The number of furan rings is 1. The minimum Gasteiger partial charge on any atom is -0.455 e. The zero-order chi connectivity index (χ0) is 22.8. The van der Waals surface area contributed by atoms with E-state index in [1.165, 1.54) is 12.1 Å². The number of hydrogen-bond donors (Lipinski definition) is 2. The highest BCUT2D eigenvalue weighted by Crippen LogP contribution is 2.30. The third-order valence-corrected chi connectivity index (χ3v) is 5.70. The summed E-state index contributed by atoms with van der Waals surface area (Å²) in [5.74, 6) is 0.501. The maximum atomic E-state index is 12.8. The SMILES string of the molecule is Cc1ccnc(NC(=O)c2oc3c(c2C)/C(=N/NC(=O)c2ccc(Cl)cc2Cl)CCC3)c1. The van der Waals surface area contributed by atoms with Crippen LogP contribution >= 0.6 is 23.2 Å². The predicted molar refractivity (Wildman–Crippen MR) is 124 cm³/mol. The van der Waals surface area contributed by atoms with Gasteiger partial charge in [0.05, 0.1) is 16.3 Å². The van der Waals surface area contributed by atoms with Crippen molar-refractivity contribution in [1.82, 2.24) is 10.4 Å². The maximum absolute atomic E-state index is 12.8.